The standard InChI is InChI=1S/2C17H15N3O3.C17H14N2O3.2CH3.2W/c2*1-18-10-3-4-11-9(8-10)2-6-13-15(11)16(20-23-13)12-5-7-14(21)19-17(12)22;18-10-2-4-12-9(7-10)1-6-15-16(12)17(19-22-15)13-5-3-11(20)8-14(13)21;;;;/h2*2-4,6,8,12,18H,5,7H2,1H3,(H,19,21,22);1-2,4,6-7,13H,3,5,8,18H2;2*1H3;;/q;;;2*-1;;. The van der Waals surface area contributed by atoms with Gasteiger partial charge in [-0.3, -0.25) is 39.4 Å². The number of imide groups is 2. The first kappa shape index (κ1) is 54.2. The molecule has 3 atom stereocenters. The van der Waals surface area contributed by atoms with Gasteiger partial charge in [0.25, 0.3) is 0 Å². The first-order valence-corrected chi connectivity index (χ1v) is 22.3. The van der Waals surface area contributed by atoms with Crippen molar-refractivity contribution in [2.24, 2.45) is 0 Å². The van der Waals surface area contributed by atoms with E-state index in [-0.39, 0.29) is 105 Å². The van der Waals surface area contributed by atoms with Crippen LogP contribution in [0.2, 0.25) is 0 Å². The van der Waals surface area contributed by atoms with Crippen molar-refractivity contribution in [3.05, 3.63) is 123 Å². The van der Waals surface area contributed by atoms with E-state index in [1.165, 1.54) is 0 Å². The summed E-state index contributed by atoms with van der Waals surface area (Å²) < 4.78 is 16.2. The van der Waals surface area contributed by atoms with Crippen molar-refractivity contribution in [3.8, 4) is 0 Å². The van der Waals surface area contributed by atoms with Crippen LogP contribution in [-0.4, -0.2) is 64.8 Å². The molecule has 4 amide bonds. The molecule has 3 unspecified atom stereocenters. The zero-order chi connectivity index (χ0) is 47.2. The van der Waals surface area contributed by atoms with E-state index in [1.807, 2.05) is 105 Å². The van der Waals surface area contributed by atoms with Crippen molar-refractivity contribution < 1.29 is 84.5 Å². The van der Waals surface area contributed by atoms with Crippen LogP contribution in [0.15, 0.2) is 105 Å². The number of Topliss-reactive ketones (excluding diaryl/α,β-unsaturated/α-hetero) is 2. The summed E-state index contributed by atoms with van der Waals surface area (Å²) >= 11 is 0. The van der Waals surface area contributed by atoms with Crippen molar-refractivity contribution in [1.82, 2.24) is 26.1 Å². The van der Waals surface area contributed by atoms with E-state index in [1.54, 1.807) is 0 Å². The van der Waals surface area contributed by atoms with Crippen molar-refractivity contribution in [3.63, 3.8) is 0 Å². The number of piperidine rings is 2. The molecule has 17 nitrogen and oxygen atoms in total. The molecule has 2 aliphatic heterocycles. The van der Waals surface area contributed by atoms with Gasteiger partial charge in [-0.15, -0.1) is 0 Å². The summed E-state index contributed by atoms with van der Waals surface area (Å²) in [6, 6.07) is 29.1. The number of rotatable bonds is 5. The van der Waals surface area contributed by atoms with E-state index in [9.17, 15) is 28.8 Å². The maximum absolute atomic E-state index is 12.2. The first-order chi connectivity index (χ1) is 33.0. The van der Waals surface area contributed by atoms with Crippen LogP contribution in [0.5, 0.6) is 0 Å². The van der Waals surface area contributed by atoms with Crippen LogP contribution in [0.25, 0.3) is 65.2 Å². The third-order valence-electron chi connectivity index (χ3n) is 13.0. The molecule has 1 saturated carbocycles. The smallest absolute Gasteiger partial charge is 0.235 e. The maximum Gasteiger partial charge on any atom is 0.235 e. The molecule has 3 aromatic heterocycles. The molecule has 6 N–H and O–H groups in total. The summed E-state index contributed by atoms with van der Waals surface area (Å²) in [5, 5.41) is 31.9. The molecule has 6 aromatic carbocycles. The van der Waals surface area contributed by atoms with E-state index in [2.05, 4.69) is 36.7 Å². The van der Waals surface area contributed by atoms with Gasteiger partial charge in [-0.05, 0) is 106 Å². The van der Waals surface area contributed by atoms with Gasteiger partial charge in [0.2, 0.25) is 23.6 Å². The second-order valence-corrected chi connectivity index (χ2v) is 17.2. The second kappa shape index (κ2) is 22.5. The van der Waals surface area contributed by atoms with Crippen molar-refractivity contribution >= 4 is 117 Å². The summed E-state index contributed by atoms with van der Waals surface area (Å²) in [4.78, 5) is 70.7. The molecule has 0 radical (unpaired) electrons. The number of amides is 4. The Morgan fingerprint density at radius 1 is 0.514 bits per heavy atom. The first-order valence-electron chi connectivity index (χ1n) is 22.3. The Bertz CT molecular complexity index is 3410. The number of nitrogens with two attached hydrogens (primary N) is 1. The van der Waals surface area contributed by atoms with Crippen LogP contribution >= 0.6 is 0 Å². The Labute approximate surface area is 441 Å². The minimum atomic E-state index is -0.455. The SMILES string of the molecule is CNc1ccc2c(ccc3onc(C4CCC(=O)NC4=O)c32)c1.CNc1ccc2c(ccc3onc(C4CCC(=O)NC4=O)c32)c1.Nc1ccc2c(ccc3onc(C4CCC(=O)CC4=O)c32)c1.[CH3-].[CH3-].[W].[W]. The number of hydrogen-bond acceptors (Lipinski definition) is 15. The quantitative estimate of drug-likeness (QED) is 0.0467. The third-order valence-corrected chi connectivity index (χ3v) is 13.0. The Kier molecular flexibility index (Phi) is 17.0. The van der Waals surface area contributed by atoms with E-state index in [0.29, 0.717) is 78.0 Å². The van der Waals surface area contributed by atoms with Gasteiger partial charge in [-0.1, -0.05) is 51.9 Å². The van der Waals surface area contributed by atoms with E-state index in [0.717, 1.165) is 59.9 Å². The third kappa shape index (κ3) is 10.3. The Morgan fingerprint density at radius 3 is 1.31 bits per heavy atom. The Balaban J connectivity index is 0.000000172. The molecular formula is C53H50N8O9W2-2. The zero-order valence-electron chi connectivity index (χ0n) is 39.8. The van der Waals surface area contributed by atoms with E-state index >= 15 is 0 Å². The predicted molar refractivity (Wildman–Crippen MR) is 268 cm³/mol. The molecular weight excluding hydrogens is 1260 g/mol. The fourth-order valence-electron chi connectivity index (χ4n) is 9.50. The minimum Gasteiger partial charge on any atom is -0.399 e. The molecule has 0 spiro atoms. The fraction of sp³-hybridized carbons (Fsp3) is 0.226. The van der Waals surface area contributed by atoms with Crippen LogP contribution in [0.4, 0.5) is 17.1 Å². The Hall–Kier alpha value is -7.09. The number of nitrogen functional groups attached to an aromatic ring is 1. The molecule has 0 bridgehead atoms. The van der Waals surface area contributed by atoms with Gasteiger partial charge < -0.3 is 44.8 Å². The average molecular weight is 1310 g/mol. The zero-order valence-corrected chi connectivity index (χ0v) is 45.6. The van der Waals surface area contributed by atoms with Gasteiger partial charge in [-0.2, -0.15) is 0 Å². The monoisotopic (exact) mass is 1310 g/mol. The van der Waals surface area contributed by atoms with Crippen LogP contribution in [0.1, 0.15) is 79.8 Å². The summed E-state index contributed by atoms with van der Waals surface area (Å²) in [5.41, 5.74) is 12.3. The van der Waals surface area contributed by atoms with Gasteiger partial charge in [-0.25, -0.2) is 0 Å². The van der Waals surface area contributed by atoms with Crippen LogP contribution in [-0.2, 0) is 70.9 Å². The van der Waals surface area contributed by atoms with Crippen LogP contribution in [0, 0.1) is 14.9 Å². The van der Waals surface area contributed by atoms with Gasteiger partial charge in [0.15, 0.2) is 16.7 Å². The van der Waals surface area contributed by atoms with Gasteiger partial charge in [0, 0.05) is 92.6 Å². The molecule has 5 heterocycles. The molecule has 19 heteroatoms. The molecule has 1 aliphatic carbocycles. The molecule has 3 fully saturated rings. The number of carbonyl (C=O) groups excluding carboxylic acids is 6. The summed E-state index contributed by atoms with van der Waals surface area (Å²) in [5.74, 6) is -2.41. The predicted octanol–water partition coefficient (Wildman–Crippen LogP) is 8.95. The number of nitrogens with zero attached hydrogens (tertiary/aromatic N) is 3. The normalized spacial score (nSPS) is 17.6. The van der Waals surface area contributed by atoms with E-state index < -0.39 is 11.8 Å². The number of benzene rings is 6. The number of ketones is 2. The molecule has 2 saturated heterocycles. The number of carbonyl (C=O) groups is 6. The minimum absolute atomic E-state index is 0. The number of nitrogens with one attached hydrogen (secondary N) is 4. The number of hydrogen-bond donors (Lipinski definition) is 5. The average Bonchev–Trinajstić information content (AvgIpc) is 4.09. The molecule has 9 aromatic rings. The van der Waals surface area contributed by atoms with Crippen molar-refractivity contribution in [2.45, 2.75) is 62.7 Å². The fourth-order valence-corrected chi connectivity index (χ4v) is 9.50. The Morgan fingerprint density at radius 2 is 0.903 bits per heavy atom. The number of fused-ring (bicyclic) bond motifs is 9. The van der Waals surface area contributed by atoms with Gasteiger partial charge >= 0.3 is 0 Å². The summed E-state index contributed by atoms with van der Waals surface area (Å²) in [7, 11) is 3.74. The van der Waals surface area contributed by atoms with Crippen molar-refractivity contribution in [2.75, 3.05) is 30.5 Å². The summed E-state index contributed by atoms with van der Waals surface area (Å²) in [6.45, 7) is 0. The number of aromatic nitrogens is 3. The largest absolute Gasteiger partial charge is 0.399 e. The van der Waals surface area contributed by atoms with Crippen LogP contribution in [0.3, 0.4) is 0 Å². The molecule has 12 rings (SSSR count). The van der Waals surface area contributed by atoms with Crippen molar-refractivity contribution in [1.29, 1.82) is 0 Å². The van der Waals surface area contributed by atoms with Crippen LogP contribution < -0.4 is 27.0 Å². The molecule has 72 heavy (non-hydrogen) atoms. The molecule has 3 aliphatic rings. The van der Waals surface area contributed by atoms with Gasteiger partial charge in [0.05, 0.1) is 40.3 Å². The maximum atomic E-state index is 12.2. The molecule has 370 valence electrons. The number of anilines is 3. The second-order valence-electron chi connectivity index (χ2n) is 17.2. The van der Waals surface area contributed by atoms with Gasteiger partial charge in [0.1, 0.15) is 28.6 Å². The topological polar surface area (TPSA) is 255 Å². The summed E-state index contributed by atoms with van der Waals surface area (Å²) in [6.07, 6.45) is 2.47. The van der Waals surface area contributed by atoms with E-state index in [4.69, 9.17) is 19.3 Å².